The van der Waals surface area contributed by atoms with Crippen molar-refractivity contribution in [1.82, 2.24) is 10.2 Å². The summed E-state index contributed by atoms with van der Waals surface area (Å²) in [7, 11) is 0. The standard InChI is InChI=1S/C12H13BrN2O/c13-12(6-2-3-7-14-12)11(16)10-15-8-4-1-5-9-15/h1-8,14H,9-10H2. The van der Waals surface area contributed by atoms with Gasteiger partial charge in [0.2, 0.25) is 0 Å². The second kappa shape index (κ2) is 4.70. The minimum Gasteiger partial charge on any atom is -0.367 e. The quantitative estimate of drug-likeness (QED) is 0.631. The summed E-state index contributed by atoms with van der Waals surface area (Å²) in [5.41, 5.74) is 0. The molecule has 0 bridgehead atoms. The van der Waals surface area contributed by atoms with E-state index in [1.807, 2.05) is 47.6 Å². The topological polar surface area (TPSA) is 32.3 Å². The molecule has 1 atom stereocenters. The molecule has 0 radical (unpaired) electrons. The van der Waals surface area contributed by atoms with Crippen molar-refractivity contribution >= 4 is 21.7 Å². The zero-order valence-corrected chi connectivity index (χ0v) is 10.4. The fourth-order valence-electron chi connectivity index (χ4n) is 1.56. The van der Waals surface area contributed by atoms with Crippen LogP contribution in [0.15, 0.2) is 48.9 Å². The van der Waals surface area contributed by atoms with Gasteiger partial charge in [0.1, 0.15) is 0 Å². The fourth-order valence-corrected chi connectivity index (χ4v) is 1.97. The van der Waals surface area contributed by atoms with Crippen LogP contribution < -0.4 is 5.32 Å². The zero-order chi connectivity index (χ0) is 11.4. The minimum atomic E-state index is -0.753. The van der Waals surface area contributed by atoms with Gasteiger partial charge in [-0.3, -0.25) is 4.79 Å². The number of hydrogen-bond donors (Lipinski definition) is 1. The van der Waals surface area contributed by atoms with Gasteiger partial charge < -0.3 is 10.2 Å². The maximum absolute atomic E-state index is 12.1. The highest BCUT2D eigenvalue weighted by Crippen LogP contribution is 2.21. The molecular formula is C12H13BrN2O. The lowest BCUT2D eigenvalue weighted by Gasteiger charge is -2.28. The molecule has 3 nitrogen and oxygen atoms in total. The van der Waals surface area contributed by atoms with Gasteiger partial charge in [-0.1, -0.05) is 18.2 Å². The summed E-state index contributed by atoms with van der Waals surface area (Å²) in [4.78, 5) is 14.1. The Morgan fingerprint density at radius 3 is 2.88 bits per heavy atom. The molecule has 4 heteroatoms. The van der Waals surface area contributed by atoms with Gasteiger partial charge in [-0.05, 0) is 46.6 Å². The van der Waals surface area contributed by atoms with E-state index in [0.29, 0.717) is 6.54 Å². The molecule has 0 amide bonds. The summed E-state index contributed by atoms with van der Waals surface area (Å²) in [5, 5.41) is 3.02. The first-order chi connectivity index (χ1) is 7.71. The molecule has 0 fully saturated rings. The first-order valence-corrected chi connectivity index (χ1v) is 5.92. The number of ketones is 1. The molecule has 2 aliphatic rings. The summed E-state index contributed by atoms with van der Waals surface area (Å²) in [6, 6.07) is 0. The van der Waals surface area contributed by atoms with Crippen molar-refractivity contribution in [2.75, 3.05) is 13.1 Å². The predicted octanol–water partition coefficient (Wildman–Crippen LogP) is 1.71. The van der Waals surface area contributed by atoms with E-state index in [0.717, 1.165) is 6.54 Å². The van der Waals surface area contributed by atoms with Gasteiger partial charge in [0, 0.05) is 6.54 Å². The van der Waals surface area contributed by atoms with Crippen LogP contribution in [0.2, 0.25) is 0 Å². The third-order valence-corrected chi connectivity index (χ3v) is 3.40. The third-order valence-electron chi connectivity index (χ3n) is 2.46. The van der Waals surface area contributed by atoms with Crippen molar-refractivity contribution in [3.05, 3.63) is 48.9 Å². The molecule has 2 rings (SSSR count). The highest BCUT2D eigenvalue weighted by Gasteiger charge is 2.32. The van der Waals surface area contributed by atoms with Crippen LogP contribution in [0.5, 0.6) is 0 Å². The Balaban J connectivity index is 1.97. The van der Waals surface area contributed by atoms with Gasteiger partial charge in [-0.15, -0.1) is 0 Å². The third kappa shape index (κ3) is 2.44. The van der Waals surface area contributed by atoms with Crippen LogP contribution >= 0.6 is 15.9 Å². The highest BCUT2D eigenvalue weighted by atomic mass is 79.9. The van der Waals surface area contributed by atoms with Crippen LogP contribution in [-0.4, -0.2) is 28.2 Å². The molecule has 0 saturated carbocycles. The summed E-state index contributed by atoms with van der Waals surface area (Å²) >= 11 is 3.42. The highest BCUT2D eigenvalue weighted by molar-refractivity contribution is 9.10. The second-order valence-corrected chi connectivity index (χ2v) is 4.95. The zero-order valence-electron chi connectivity index (χ0n) is 8.77. The van der Waals surface area contributed by atoms with Crippen molar-refractivity contribution in [3.8, 4) is 0 Å². The fraction of sp³-hybridized carbons (Fsp3) is 0.250. The number of Topliss-reactive ketones (excluding diaryl/α,β-unsaturated/α-hetero) is 1. The molecule has 0 saturated heterocycles. The van der Waals surface area contributed by atoms with E-state index in [2.05, 4.69) is 21.2 Å². The van der Waals surface area contributed by atoms with Crippen LogP contribution in [0.25, 0.3) is 0 Å². The molecule has 0 aromatic rings. The lowest BCUT2D eigenvalue weighted by Crippen LogP contribution is -2.47. The Bertz CT molecular complexity index is 398. The molecule has 0 aliphatic carbocycles. The number of rotatable bonds is 3. The van der Waals surface area contributed by atoms with Gasteiger partial charge in [0.25, 0.3) is 0 Å². The van der Waals surface area contributed by atoms with Crippen molar-refractivity contribution in [3.63, 3.8) is 0 Å². The largest absolute Gasteiger partial charge is 0.367 e. The van der Waals surface area contributed by atoms with Gasteiger partial charge >= 0.3 is 0 Å². The number of hydrogen-bond acceptors (Lipinski definition) is 3. The summed E-state index contributed by atoms with van der Waals surface area (Å²) in [6.07, 6.45) is 15.2. The number of dihydropyridines is 1. The maximum atomic E-state index is 12.1. The Labute approximate surface area is 103 Å². The van der Waals surface area contributed by atoms with E-state index in [9.17, 15) is 4.79 Å². The van der Waals surface area contributed by atoms with Crippen molar-refractivity contribution < 1.29 is 4.79 Å². The molecule has 2 heterocycles. The van der Waals surface area contributed by atoms with Crippen LogP contribution in [0.4, 0.5) is 0 Å². The first-order valence-electron chi connectivity index (χ1n) is 5.12. The van der Waals surface area contributed by atoms with Crippen LogP contribution in [0, 0.1) is 0 Å². The summed E-state index contributed by atoms with van der Waals surface area (Å²) < 4.78 is -0.753. The average molecular weight is 281 g/mol. The van der Waals surface area contributed by atoms with E-state index in [1.54, 1.807) is 6.20 Å². The molecule has 2 aliphatic heterocycles. The van der Waals surface area contributed by atoms with Gasteiger partial charge in [0.15, 0.2) is 10.2 Å². The lowest BCUT2D eigenvalue weighted by molar-refractivity contribution is -0.121. The Morgan fingerprint density at radius 2 is 2.25 bits per heavy atom. The second-order valence-electron chi connectivity index (χ2n) is 3.70. The smallest absolute Gasteiger partial charge is 0.192 e. The normalized spacial score (nSPS) is 26.9. The molecule has 0 aromatic carbocycles. The number of nitrogens with one attached hydrogen (secondary N) is 1. The Hall–Kier alpha value is -1.29. The molecule has 16 heavy (non-hydrogen) atoms. The van der Waals surface area contributed by atoms with E-state index in [1.165, 1.54) is 0 Å². The first kappa shape index (κ1) is 11.2. The maximum Gasteiger partial charge on any atom is 0.192 e. The molecule has 1 unspecified atom stereocenters. The molecule has 0 aromatic heterocycles. The molecular weight excluding hydrogens is 268 g/mol. The lowest BCUT2D eigenvalue weighted by atomic mass is 10.1. The number of allylic oxidation sites excluding steroid dienone is 4. The predicted molar refractivity (Wildman–Crippen MR) is 67.9 cm³/mol. The number of halogens is 1. The SMILES string of the molecule is O=C(CN1C=CC=CC1)C1(Br)C=CC=CN1. The van der Waals surface area contributed by atoms with Crippen molar-refractivity contribution in [1.29, 1.82) is 0 Å². The van der Waals surface area contributed by atoms with Crippen molar-refractivity contribution in [2.24, 2.45) is 0 Å². The number of nitrogens with zero attached hydrogens (tertiary/aromatic N) is 1. The monoisotopic (exact) mass is 280 g/mol. The summed E-state index contributed by atoms with van der Waals surface area (Å²) in [5.74, 6) is 0.0908. The van der Waals surface area contributed by atoms with Crippen LogP contribution in [0.3, 0.4) is 0 Å². The van der Waals surface area contributed by atoms with E-state index < -0.39 is 4.45 Å². The molecule has 1 N–H and O–H groups in total. The Kier molecular flexibility index (Phi) is 3.29. The number of alkyl halides is 1. The van der Waals surface area contributed by atoms with Gasteiger partial charge in [0.05, 0.1) is 6.54 Å². The van der Waals surface area contributed by atoms with E-state index in [4.69, 9.17) is 0 Å². The van der Waals surface area contributed by atoms with Crippen LogP contribution in [0.1, 0.15) is 0 Å². The summed E-state index contributed by atoms with van der Waals surface area (Å²) in [6.45, 7) is 1.17. The minimum absolute atomic E-state index is 0.0908. The molecule has 84 valence electrons. The Morgan fingerprint density at radius 1 is 1.38 bits per heavy atom. The van der Waals surface area contributed by atoms with Gasteiger partial charge in [-0.25, -0.2) is 0 Å². The number of carbonyl (C=O) groups excluding carboxylic acids is 1. The van der Waals surface area contributed by atoms with Crippen molar-refractivity contribution in [2.45, 2.75) is 4.45 Å². The average Bonchev–Trinajstić information content (AvgIpc) is 2.31. The molecule has 0 spiro atoms. The number of carbonyl (C=O) groups is 1. The van der Waals surface area contributed by atoms with E-state index in [-0.39, 0.29) is 5.78 Å². The van der Waals surface area contributed by atoms with Crippen LogP contribution in [-0.2, 0) is 4.79 Å². The van der Waals surface area contributed by atoms with Gasteiger partial charge in [-0.2, -0.15) is 0 Å². The van der Waals surface area contributed by atoms with E-state index >= 15 is 0 Å².